The van der Waals surface area contributed by atoms with E-state index in [0.29, 0.717) is 25.8 Å². The number of hydrogen-bond donors (Lipinski definition) is 2. The third kappa shape index (κ3) is 4.27. The molecule has 2 N–H and O–H groups in total. The zero-order valence-electron chi connectivity index (χ0n) is 11.2. The molecule has 1 amide bonds. The van der Waals surface area contributed by atoms with Crippen LogP contribution in [0.3, 0.4) is 0 Å². The molecule has 1 fully saturated rings. The van der Waals surface area contributed by atoms with E-state index in [1.807, 2.05) is 30.3 Å². The highest BCUT2D eigenvalue weighted by atomic mass is 32.2. The van der Waals surface area contributed by atoms with Crippen LogP contribution in [-0.4, -0.2) is 29.3 Å². The molecular weight excluding hydrogens is 274 g/mol. The minimum absolute atomic E-state index is 0.00223. The van der Waals surface area contributed by atoms with Gasteiger partial charge in [-0.3, -0.25) is 9.59 Å². The Morgan fingerprint density at radius 3 is 2.55 bits per heavy atom. The average molecular weight is 293 g/mol. The number of nitrogens with one attached hydrogen (secondary N) is 1. The first-order chi connectivity index (χ1) is 9.66. The fourth-order valence-electron chi connectivity index (χ4n) is 2.45. The number of carbonyl (C=O) groups is 2. The van der Waals surface area contributed by atoms with Gasteiger partial charge in [-0.1, -0.05) is 18.2 Å². The van der Waals surface area contributed by atoms with Gasteiger partial charge in [0.25, 0.3) is 0 Å². The van der Waals surface area contributed by atoms with Crippen LogP contribution in [0.1, 0.15) is 19.3 Å². The Hall–Kier alpha value is -1.49. The van der Waals surface area contributed by atoms with Gasteiger partial charge in [-0.25, -0.2) is 0 Å². The summed E-state index contributed by atoms with van der Waals surface area (Å²) in [5, 5.41) is 11.8. The lowest BCUT2D eigenvalue weighted by Gasteiger charge is -2.10. The standard InChI is InChI=1S/C15H19NO3S/c17-14(11-6-7-12(10-11)15(18)19)16-8-9-20-13-4-2-1-3-5-13/h1-5,11-12H,6-10H2,(H,16,17)(H,18,19)/t11-,12+/m1/s1. The molecule has 0 saturated heterocycles. The smallest absolute Gasteiger partial charge is 0.306 e. The summed E-state index contributed by atoms with van der Waals surface area (Å²) < 4.78 is 0. The maximum Gasteiger partial charge on any atom is 0.306 e. The number of carboxylic acid groups (broad SMARTS) is 1. The third-order valence-electron chi connectivity index (χ3n) is 3.57. The SMILES string of the molecule is O=C(O)[C@H]1CC[C@@H](C(=O)NCCSc2ccccc2)C1. The lowest BCUT2D eigenvalue weighted by molar-refractivity contribution is -0.141. The monoisotopic (exact) mass is 293 g/mol. The normalized spacial score (nSPS) is 21.6. The van der Waals surface area contributed by atoms with Gasteiger partial charge in [0.2, 0.25) is 5.91 Å². The molecule has 20 heavy (non-hydrogen) atoms. The van der Waals surface area contributed by atoms with E-state index < -0.39 is 5.97 Å². The van der Waals surface area contributed by atoms with E-state index >= 15 is 0 Å². The predicted octanol–water partition coefficient (Wildman–Crippen LogP) is 2.40. The summed E-state index contributed by atoms with van der Waals surface area (Å²) in [6.07, 6.45) is 1.79. The van der Waals surface area contributed by atoms with E-state index in [1.54, 1.807) is 11.8 Å². The third-order valence-corrected chi connectivity index (χ3v) is 4.58. The molecule has 0 aromatic heterocycles. The second-order valence-corrected chi connectivity index (χ2v) is 6.17. The number of benzene rings is 1. The second-order valence-electron chi connectivity index (χ2n) is 5.00. The Morgan fingerprint density at radius 2 is 1.90 bits per heavy atom. The molecule has 108 valence electrons. The van der Waals surface area contributed by atoms with Crippen molar-refractivity contribution in [3.8, 4) is 0 Å². The van der Waals surface area contributed by atoms with Crippen molar-refractivity contribution in [1.29, 1.82) is 0 Å². The van der Waals surface area contributed by atoms with E-state index in [-0.39, 0.29) is 17.7 Å². The molecule has 1 saturated carbocycles. The summed E-state index contributed by atoms with van der Waals surface area (Å²) in [4.78, 5) is 24.0. The van der Waals surface area contributed by atoms with Gasteiger partial charge in [0.15, 0.2) is 0 Å². The summed E-state index contributed by atoms with van der Waals surface area (Å²) in [7, 11) is 0. The highest BCUT2D eigenvalue weighted by Gasteiger charge is 2.33. The maximum absolute atomic E-state index is 11.9. The topological polar surface area (TPSA) is 66.4 Å². The van der Waals surface area contributed by atoms with Crippen LogP contribution in [0.4, 0.5) is 0 Å². The van der Waals surface area contributed by atoms with Crippen LogP contribution in [-0.2, 0) is 9.59 Å². The van der Waals surface area contributed by atoms with Crippen molar-refractivity contribution in [3.05, 3.63) is 30.3 Å². The van der Waals surface area contributed by atoms with Crippen LogP contribution in [0.15, 0.2) is 35.2 Å². The summed E-state index contributed by atoms with van der Waals surface area (Å²) in [6.45, 7) is 0.618. The van der Waals surface area contributed by atoms with Crippen LogP contribution in [0, 0.1) is 11.8 Å². The van der Waals surface area contributed by atoms with Gasteiger partial charge in [-0.15, -0.1) is 11.8 Å². The number of carbonyl (C=O) groups excluding carboxylic acids is 1. The molecule has 2 atom stereocenters. The fraction of sp³-hybridized carbons (Fsp3) is 0.467. The Morgan fingerprint density at radius 1 is 1.20 bits per heavy atom. The van der Waals surface area contributed by atoms with Crippen molar-refractivity contribution in [2.45, 2.75) is 24.2 Å². The van der Waals surface area contributed by atoms with Gasteiger partial charge in [0.05, 0.1) is 5.92 Å². The van der Waals surface area contributed by atoms with Gasteiger partial charge < -0.3 is 10.4 Å². The van der Waals surface area contributed by atoms with Crippen LogP contribution in [0.25, 0.3) is 0 Å². The molecule has 0 spiro atoms. The number of amides is 1. The zero-order valence-corrected chi connectivity index (χ0v) is 12.1. The summed E-state index contributed by atoms with van der Waals surface area (Å²) in [6, 6.07) is 10.0. The highest BCUT2D eigenvalue weighted by Crippen LogP contribution is 2.31. The first kappa shape index (κ1) is 14.9. The number of thioether (sulfide) groups is 1. The van der Waals surface area contributed by atoms with Gasteiger partial charge >= 0.3 is 5.97 Å². The molecule has 0 bridgehead atoms. The first-order valence-corrected chi connectivity index (χ1v) is 7.83. The minimum atomic E-state index is -0.778. The van der Waals surface area contributed by atoms with Crippen LogP contribution in [0.2, 0.25) is 0 Å². The zero-order chi connectivity index (χ0) is 14.4. The van der Waals surface area contributed by atoms with Crippen molar-refractivity contribution in [2.24, 2.45) is 11.8 Å². The molecule has 5 heteroatoms. The highest BCUT2D eigenvalue weighted by molar-refractivity contribution is 7.99. The summed E-state index contributed by atoms with van der Waals surface area (Å²) in [5.74, 6) is -0.421. The number of aliphatic carboxylic acids is 1. The second kappa shape index (κ2) is 7.33. The van der Waals surface area contributed by atoms with Crippen molar-refractivity contribution in [1.82, 2.24) is 5.32 Å². The Bertz CT molecular complexity index is 463. The average Bonchev–Trinajstić information content (AvgIpc) is 2.94. The van der Waals surface area contributed by atoms with Crippen LogP contribution < -0.4 is 5.32 Å². The summed E-state index contributed by atoms with van der Waals surface area (Å²) >= 11 is 1.70. The van der Waals surface area contributed by atoms with Gasteiger partial charge in [0.1, 0.15) is 0 Å². The molecule has 2 rings (SSSR count). The molecule has 0 radical (unpaired) electrons. The Kier molecular flexibility index (Phi) is 5.47. The van der Waals surface area contributed by atoms with Crippen molar-refractivity contribution in [2.75, 3.05) is 12.3 Å². The largest absolute Gasteiger partial charge is 0.481 e. The number of rotatable bonds is 6. The fourth-order valence-corrected chi connectivity index (χ4v) is 3.24. The van der Waals surface area contributed by atoms with Gasteiger partial charge in [0, 0.05) is 23.1 Å². The molecular formula is C15H19NO3S. The first-order valence-electron chi connectivity index (χ1n) is 6.85. The molecule has 1 aliphatic rings. The van der Waals surface area contributed by atoms with Gasteiger partial charge in [-0.05, 0) is 31.4 Å². The lowest BCUT2D eigenvalue weighted by atomic mass is 10.0. The van der Waals surface area contributed by atoms with Crippen LogP contribution >= 0.6 is 11.8 Å². The Labute approximate surface area is 123 Å². The van der Waals surface area contributed by atoms with Crippen molar-refractivity contribution in [3.63, 3.8) is 0 Å². The minimum Gasteiger partial charge on any atom is -0.481 e. The lowest BCUT2D eigenvalue weighted by Crippen LogP contribution is -2.31. The van der Waals surface area contributed by atoms with E-state index in [1.165, 1.54) is 4.90 Å². The maximum atomic E-state index is 11.9. The van der Waals surface area contributed by atoms with Gasteiger partial charge in [-0.2, -0.15) is 0 Å². The van der Waals surface area contributed by atoms with Crippen molar-refractivity contribution >= 4 is 23.6 Å². The number of hydrogen-bond acceptors (Lipinski definition) is 3. The van der Waals surface area contributed by atoms with E-state index in [2.05, 4.69) is 5.32 Å². The van der Waals surface area contributed by atoms with Crippen molar-refractivity contribution < 1.29 is 14.7 Å². The van der Waals surface area contributed by atoms with E-state index in [9.17, 15) is 9.59 Å². The molecule has 1 aromatic carbocycles. The van der Waals surface area contributed by atoms with Crippen LogP contribution in [0.5, 0.6) is 0 Å². The quantitative estimate of drug-likeness (QED) is 0.624. The molecule has 1 aromatic rings. The number of carboxylic acids is 1. The Balaban J connectivity index is 1.65. The molecule has 0 heterocycles. The molecule has 0 aliphatic heterocycles. The van der Waals surface area contributed by atoms with E-state index in [4.69, 9.17) is 5.11 Å². The predicted molar refractivity (Wildman–Crippen MR) is 78.6 cm³/mol. The van der Waals surface area contributed by atoms with E-state index in [0.717, 1.165) is 5.75 Å². The molecule has 4 nitrogen and oxygen atoms in total. The molecule has 0 unspecified atom stereocenters. The summed E-state index contributed by atoms with van der Waals surface area (Å²) in [5.41, 5.74) is 0. The molecule has 1 aliphatic carbocycles.